The number of fused-ring (bicyclic) bond motifs is 1. The van der Waals surface area contributed by atoms with Crippen molar-refractivity contribution in [3.05, 3.63) is 29.3 Å². The molecule has 0 aromatic heterocycles. The van der Waals surface area contributed by atoms with Gasteiger partial charge in [-0.05, 0) is 36.1 Å². The molecule has 1 heterocycles. The van der Waals surface area contributed by atoms with Gasteiger partial charge in [-0.3, -0.25) is 4.79 Å². The van der Waals surface area contributed by atoms with Crippen LogP contribution in [0.2, 0.25) is 0 Å². The van der Waals surface area contributed by atoms with Crippen LogP contribution in [0.3, 0.4) is 0 Å². The number of amides is 1. The predicted octanol–water partition coefficient (Wildman–Crippen LogP) is 1.76. The predicted molar refractivity (Wildman–Crippen MR) is 59.0 cm³/mol. The molecule has 1 aliphatic rings. The Bertz CT molecular complexity index is 374. The van der Waals surface area contributed by atoms with E-state index in [-0.39, 0.29) is 5.91 Å². The first kappa shape index (κ1) is 10.2. The van der Waals surface area contributed by atoms with Crippen LogP contribution >= 0.6 is 0 Å². The van der Waals surface area contributed by atoms with Gasteiger partial charge in [-0.1, -0.05) is 6.07 Å². The number of benzene rings is 1. The molecule has 15 heavy (non-hydrogen) atoms. The Morgan fingerprint density at radius 2 is 2.00 bits per heavy atom. The van der Waals surface area contributed by atoms with Crippen LogP contribution < -0.4 is 5.32 Å². The SMILES string of the molecule is CC(=O)Nc1ccc2c(c1)CCOCC2. The third-order valence-electron chi connectivity index (χ3n) is 2.56. The number of nitrogens with one attached hydrogen (secondary N) is 1. The Labute approximate surface area is 89.4 Å². The van der Waals surface area contributed by atoms with Crippen molar-refractivity contribution >= 4 is 11.6 Å². The van der Waals surface area contributed by atoms with Gasteiger partial charge < -0.3 is 10.1 Å². The smallest absolute Gasteiger partial charge is 0.221 e. The lowest BCUT2D eigenvalue weighted by atomic mass is 10.0. The summed E-state index contributed by atoms with van der Waals surface area (Å²) >= 11 is 0. The van der Waals surface area contributed by atoms with Crippen LogP contribution in [0.15, 0.2) is 18.2 Å². The zero-order valence-electron chi connectivity index (χ0n) is 8.88. The molecule has 0 fully saturated rings. The lowest BCUT2D eigenvalue weighted by molar-refractivity contribution is -0.114. The number of hydrogen-bond donors (Lipinski definition) is 1. The van der Waals surface area contributed by atoms with Crippen molar-refractivity contribution < 1.29 is 9.53 Å². The molecular weight excluding hydrogens is 190 g/mol. The van der Waals surface area contributed by atoms with E-state index in [1.54, 1.807) is 0 Å². The van der Waals surface area contributed by atoms with E-state index in [2.05, 4.69) is 11.4 Å². The molecule has 0 unspecified atom stereocenters. The van der Waals surface area contributed by atoms with Gasteiger partial charge in [0.15, 0.2) is 0 Å². The molecule has 1 amide bonds. The van der Waals surface area contributed by atoms with E-state index in [0.717, 1.165) is 31.7 Å². The van der Waals surface area contributed by atoms with E-state index in [1.807, 2.05) is 12.1 Å². The van der Waals surface area contributed by atoms with Crippen LogP contribution in [0.25, 0.3) is 0 Å². The summed E-state index contributed by atoms with van der Waals surface area (Å²) in [4.78, 5) is 10.9. The fourth-order valence-corrected chi connectivity index (χ4v) is 1.85. The minimum Gasteiger partial charge on any atom is -0.381 e. The quantitative estimate of drug-likeness (QED) is 0.758. The van der Waals surface area contributed by atoms with Crippen LogP contribution in [0.4, 0.5) is 5.69 Å². The molecule has 0 spiro atoms. The van der Waals surface area contributed by atoms with Gasteiger partial charge in [0.25, 0.3) is 0 Å². The minimum atomic E-state index is -0.0279. The minimum absolute atomic E-state index is 0.0279. The Kier molecular flexibility index (Phi) is 3.02. The molecule has 0 atom stereocenters. The molecule has 1 aliphatic heterocycles. The van der Waals surface area contributed by atoms with Crippen molar-refractivity contribution in [2.24, 2.45) is 0 Å². The largest absolute Gasteiger partial charge is 0.381 e. The fourth-order valence-electron chi connectivity index (χ4n) is 1.85. The molecule has 0 radical (unpaired) electrons. The van der Waals surface area contributed by atoms with Crippen molar-refractivity contribution in [2.45, 2.75) is 19.8 Å². The second kappa shape index (κ2) is 4.45. The zero-order valence-corrected chi connectivity index (χ0v) is 8.88. The average Bonchev–Trinajstić information content (AvgIpc) is 2.41. The van der Waals surface area contributed by atoms with Crippen molar-refractivity contribution in [2.75, 3.05) is 18.5 Å². The summed E-state index contributed by atoms with van der Waals surface area (Å²) in [6, 6.07) is 6.08. The number of ether oxygens (including phenoxy) is 1. The molecule has 0 bridgehead atoms. The van der Waals surface area contributed by atoms with E-state index in [4.69, 9.17) is 4.74 Å². The number of carbonyl (C=O) groups is 1. The highest BCUT2D eigenvalue weighted by molar-refractivity contribution is 5.88. The lowest BCUT2D eigenvalue weighted by Gasteiger charge is -2.08. The van der Waals surface area contributed by atoms with Crippen LogP contribution in [-0.4, -0.2) is 19.1 Å². The van der Waals surface area contributed by atoms with Gasteiger partial charge in [0.1, 0.15) is 0 Å². The van der Waals surface area contributed by atoms with Crippen LogP contribution in [0.1, 0.15) is 18.1 Å². The van der Waals surface area contributed by atoms with Gasteiger partial charge in [0.05, 0.1) is 13.2 Å². The summed E-state index contributed by atoms with van der Waals surface area (Å²) in [6.45, 7) is 3.10. The Morgan fingerprint density at radius 1 is 1.27 bits per heavy atom. The maximum atomic E-state index is 10.9. The fraction of sp³-hybridized carbons (Fsp3) is 0.417. The maximum absolute atomic E-state index is 10.9. The molecule has 1 aromatic carbocycles. The van der Waals surface area contributed by atoms with Gasteiger partial charge in [-0.2, -0.15) is 0 Å². The van der Waals surface area contributed by atoms with Gasteiger partial charge in [0.2, 0.25) is 5.91 Å². The second-order valence-electron chi connectivity index (χ2n) is 3.78. The monoisotopic (exact) mass is 205 g/mol. The highest BCUT2D eigenvalue weighted by Crippen LogP contribution is 2.19. The van der Waals surface area contributed by atoms with Crippen molar-refractivity contribution in [3.63, 3.8) is 0 Å². The third-order valence-corrected chi connectivity index (χ3v) is 2.56. The van der Waals surface area contributed by atoms with Crippen LogP contribution in [0.5, 0.6) is 0 Å². The first-order chi connectivity index (χ1) is 7.25. The van der Waals surface area contributed by atoms with Crippen molar-refractivity contribution in [1.29, 1.82) is 0 Å². The number of hydrogen-bond acceptors (Lipinski definition) is 2. The molecule has 3 heteroatoms. The summed E-state index contributed by atoms with van der Waals surface area (Å²) < 4.78 is 5.41. The molecule has 1 aromatic rings. The van der Waals surface area contributed by atoms with E-state index in [9.17, 15) is 4.79 Å². The zero-order chi connectivity index (χ0) is 10.7. The molecule has 2 rings (SSSR count). The van der Waals surface area contributed by atoms with E-state index in [0.29, 0.717) is 0 Å². The average molecular weight is 205 g/mol. The molecule has 0 saturated heterocycles. The van der Waals surface area contributed by atoms with E-state index in [1.165, 1.54) is 18.1 Å². The first-order valence-electron chi connectivity index (χ1n) is 5.23. The Morgan fingerprint density at radius 3 is 2.73 bits per heavy atom. The third kappa shape index (κ3) is 2.57. The summed E-state index contributed by atoms with van der Waals surface area (Å²) in [7, 11) is 0. The molecule has 3 nitrogen and oxygen atoms in total. The first-order valence-corrected chi connectivity index (χ1v) is 5.23. The normalized spacial score (nSPS) is 15.3. The standard InChI is InChI=1S/C12H15NO2/c1-9(14)13-12-3-2-10-4-6-15-7-5-11(10)8-12/h2-3,8H,4-7H2,1H3,(H,13,14). The number of rotatable bonds is 1. The molecule has 0 saturated carbocycles. The highest BCUT2D eigenvalue weighted by Gasteiger charge is 2.08. The Balaban J connectivity index is 2.23. The highest BCUT2D eigenvalue weighted by atomic mass is 16.5. The van der Waals surface area contributed by atoms with Crippen LogP contribution in [0, 0.1) is 0 Å². The molecule has 80 valence electrons. The Hall–Kier alpha value is -1.35. The molecule has 0 aliphatic carbocycles. The van der Waals surface area contributed by atoms with Crippen LogP contribution in [-0.2, 0) is 22.4 Å². The van der Waals surface area contributed by atoms with Gasteiger partial charge in [-0.25, -0.2) is 0 Å². The second-order valence-corrected chi connectivity index (χ2v) is 3.78. The van der Waals surface area contributed by atoms with Gasteiger partial charge in [-0.15, -0.1) is 0 Å². The van der Waals surface area contributed by atoms with Gasteiger partial charge >= 0.3 is 0 Å². The number of carbonyl (C=O) groups excluding carboxylic acids is 1. The topological polar surface area (TPSA) is 38.3 Å². The summed E-state index contributed by atoms with van der Waals surface area (Å²) in [6.07, 6.45) is 1.90. The summed E-state index contributed by atoms with van der Waals surface area (Å²) in [5, 5.41) is 2.80. The molecular formula is C12H15NO2. The summed E-state index contributed by atoms with van der Waals surface area (Å²) in [5.41, 5.74) is 3.50. The molecule has 1 N–H and O–H groups in total. The number of anilines is 1. The lowest BCUT2D eigenvalue weighted by Crippen LogP contribution is -2.06. The van der Waals surface area contributed by atoms with E-state index >= 15 is 0 Å². The van der Waals surface area contributed by atoms with Crippen molar-refractivity contribution in [1.82, 2.24) is 0 Å². The summed E-state index contributed by atoms with van der Waals surface area (Å²) in [5.74, 6) is -0.0279. The van der Waals surface area contributed by atoms with Crippen molar-refractivity contribution in [3.8, 4) is 0 Å². The van der Waals surface area contributed by atoms with E-state index < -0.39 is 0 Å². The maximum Gasteiger partial charge on any atom is 0.221 e. The van der Waals surface area contributed by atoms with Gasteiger partial charge in [0, 0.05) is 12.6 Å².